The van der Waals surface area contributed by atoms with Crippen molar-refractivity contribution in [1.82, 2.24) is 14.8 Å². The Hall–Kier alpha value is -1.63. The van der Waals surface area contributed by atoms with Crippen LogP contribution in [-0.2, 0) is 18.6 Å². The topological polar surface area (TPSA) is 30.7 Å². The Morgan fingerprint density at radius 1 is 1.24 bits per heavy atom. The van der Waals surface area contributed by atoms with Gasteiger partial charge in [-0.3, -0.25) is 0 Å². The van der Waals surface area contributed by atoms with E-state index in [0.29, 0.717) is 12.4 Å². The second-order valence-electron chi connectivity index (χ2n) is 4.42. The molecule has 1 aromatic heterocycles. The van der Waals surface area contributed by atoms with Gasteiger partial charge in [0.15, 0.2) is 5.82 Å². The fraction of sp³-hybridized carbons (Fsp3) is 0.385. The van der Waals surface area contributed by atoms with E-state index in [1.54, 1.807) is 4.57 Å². The average molecular weight is 322 g/mol. The molecule has 0 unspecified atom stereocenters. The molecular formula is C13H12ClF4N3. The molecule has 0 aliphatic rings. The Kier molecular flexibility index (Phi) is 4.51. The minimum Gasteiger partial charge on any atom is -0.310 e. The predicted octanol–water partition coefficient (Wildman–Crippen LogP) is 4.25. The van der Waals surface area contributed by atoms with Crippen LogP contribution in [0.2, 0.25) is 0 Å². The molecule has 0 N–H and O–H groups in total. The van der Waals surface area contributed by atoms with Crippen LogP contribution in [0.1, 0.15) is 24.7 Å². The van der Waals surface area contributed by atoms with Crippen molar-refractivity contribution in [3.8, 4) is 11.4 Å². The third kappa shape index (κ3) is 3.18. The minimum atomic E-state index is -4.76. The van der Waals surface area contributed by atoms with Crippen molar-refractivity contribution < 1.29 is 17.6 Å². The summed E-state index contributed by atoms with van der Waals surface area (Å²) in [6, 6.07) is 2.77. The van der Waals surface area contributed by atoms with Crippen LogP contribution in [0.4, 0.5) is 17.6 Å². The Morgan fingerprint density at radius 3 is 2.52 bits per heavy atom. The summed E-state index contributed by atoms with van der Waals surface area (Å²) in [5.41, 5.74) is -1.17. The lowest BCUT2D eigenvalue weighted by Gasteiger charge is -2.11. The number of halogens is 5. The maximum atomic E-state index is 13.3. The van der Waals surface area contributed by atoms with Crippen molar-refractivity contribution in [2.45, 2.75) is 31.9 Å². The summed E-state index contributed by atoms with van der Waals surface area (Å²) < 4.78 is 53.2. The molecule has 0 saturated carbocycles. The summed E-state index contributed by atoms with van der Waals surface area (Å²) in [7, 11) is 0. The molecule has 0 spiro atoms. The van der Waals surface area contributed by atoms with Crippen molar-refractivity contribution in [2.24, 2.45) is 0 Å². The first-order valence-electron chi connectivity index (χ1n) is 6.23. The van der Waals surface area contributed by atoms with Crippen LogP contribution in [0, 0.1) is 5.82 Å². The first kappa shape index (κ1) is 15.8. The summed E-state index contributed by atoms with van der Waals surface area (Å²) in [4.78, 5) is 0. The van der Waals surface area contributed by atoms with Gasteiger partial charge in [-0.2, -0.15) is 13.2 Å². The third-order valence-electron chi connectivity index (χ3n) is 2.92. The molecule has 3 nitrogen and oxygen atoms in total. The molecule has 0 amide bonds. The Balaban J connectivity index is 2.55. The SMILES string of the molecule is CCCn1c(CCl)nnc1-c1ccc(F)c(C(F)(F)F)c1. The van der Waals surface area contributed by atoms with Crippen molar-refractivity contribution in [3.05, 3.63) is 35.4 Å². The van der Waals surface area contributed by atoms with E-state index in [4.69, 9.17) is 11.6 Å². The first-order chi connectivity index (χ1) is 9.88. The van der Waals surface area contributed by atoms with Crippen LogP contribution in [0.15, 0.2) is 18.2 Å². The molecule has 2 aromatic rings. The highest BCUT2D eigenvalue weighted by molar-refractivity contribution is 6.16. The van der Waals surface area contributed by atoms with Gasteiger partial charge in [-0.15, -0.1) is 21.8 Å². The zero-order valence-corrected chi connectivity index (χ0v) is 11.8. The lowest BCUT2D eigenvalue weighted by Crippen LogP contribution is -2.09. The average Bonchev–Trinajstić information content (AvgIpc) is 2.81. The van der Waals surface area contributed by atoms with Gasteiger partial charge in [-0.25, -0.2) is 4.39 Å². The predicted molar refractivity (Wildman–Crippen MR) is 70.3 cm³/mol. The van der Waals surface area contributed by atoms with E-state index in [0.717, 1.165) is 18.6 Å². The van der Waals surface area contributed by atoms with E-state index in [1.165, 1.54) is 6.07 Å². The monoisotopic (exact) mass is 321 g/mol. The largest absolute Gasteiger partial charge is 0.419 e. The highest BCUT2D eigenvalue weighted by Gasteiger charge is 2.34. The Bertz CT molecular complexity index is 637. The highest BCUT2D eigenvalue weighted by Crippen LogP contribution is 2.34. The lowest BCUT2D eigenvalue weighted by atomic mass is 10.1. The van der Waals surface area contributed by atoms with Crippen LogP contribution in [-0.4, -0.2) is 14.8 Å². The third-order valence-corrected chi connectivity index (χ3v) is 3.16. The van der Waals surface area contributed by atoms with Crippen LogP contribution in [0.3, 0.4) is 0 Å². The van der Waals surface area contributed by atoms with Gasteiger partial charge in [0.05, 0.1) is 11.4 Å². The van der Waals surface area contributed by atoms with Crippen LogP contribution >= 0.6 is 11.6 Å². The Labute approximate surface area is 123 Å². The van der Waals surface area contributed by atoms with Crippen molar-refractivity contribution in [1.29, 1.82) is 0 Å². The second kappa shape index (κ2) is 6.01. The molecule has 0 bridgehead atoms. The molecule has 0 fully saturated rings. The number of rotatable bonds is 4. The smallest absolute Gasteiger partial charge is 0.310 e. The summed E-state index contributed by atoms with van der Waals surface area (Å²) in [5.74, 6) is -0.505. The molecule has 0 aliphatic heterocycles. The fourth-order valence-corrected chi connectivity index (χ4v) is 2.19. The standard InChI is InChI=1S/C13H12ClF4N3/c1-2-5-21-11(7-14)19-20-12(21)8-3-4-10(15)9(6-8)13(16,17)18/h3-4,6H,2,5,7H2,1H3. The van der Waals surface area contributed by atoms with Gasteiger partial charge in [0.25, 0.3) is 0 Å². The molecular weight excluding hydrogens is 310 g/mol. The van der Waals surface area contributed by atoms with E-state index in [1.807, 2.05) is 6.92 Å². The second-order valence-corrected chi connectivity index (χ2v) is 4.68. The Morgan fingerprint density at radius 2 is 1.95 bits per heavy atom. The van der Waals surface area contributed by atoms with E-state index < -0.39 is 17.6 Å². The fourth-order valence-electron chi connectivity index (χ4n) is 1.99. The molecule has 0 radical (unpaired) electrons. The van der Waals surface area contributed by atoms with Gasteiger partial charge in [-0.05, 0) is 24.6 Å². The van der Waals surface area contributed by atoms with Gasteiger partial charge in [0.2, 0.25) is 0 Å². The minimum absolute atomic E-state index is 0.0975. The lowest BCUT2D eigenvalue weighted by molar-refractivity contribution is -0.139. The van der Waals surface area contributed by atoms with Crippen LogP contribution in [0.5, 0.6) is 0 Å². The number of hydrogen-bond donors (Lipinski definition) is 0. The molecule has 1 aromatic carbocycles. The highest BCUT2D eigenvalue weighted by atomic mass is 35.5. The molecule has 0 atom stereocenters. The van der Waals surface area contributed by atoms with Gasteiger partial charge in [0, 0.05) is 12.1 Å². The molecule has 0 saturated heterocycles. The van der Waals surface area contributed by atoms with Crippen LogP contribution in [0.25, 0.3) is 11.4 Å². The summed E-state index contributed by atoms with van der Waals surface area (Å²) >= 11 is 5.73. The van der Waals surface area contributed by atoms with E-state index in [9.17, 15) is 17.6 Å². The van der Waals surface area contributed by atoms with Crippen molar-refractivity contribution in [2.75, 3.05) is 0 Å². The summed E-state index contributed by atoms with van der Waals surface area (Å²) in [5, 5.41) is 7.72. The van der Waals surface area contributed by atoms with Crippen LogP contribution < -0.4 is 0 Å². The summed E-state index contributed by atoms with van der Waals surface area (Å²) in [6.45, 7) is 2.43. The van der Waals surface area contributed by atoms with E-state index >= 15 is 0 Å². The van der Waals surface area contributed by atoms with E-state index in [-0.39, 0.29) is 17.3 Å². The molecule has 114 valence electrons. The van der Waals surface area contributed by atoms with Crippen molar-refractivity contribution >= 4 is 11.6 Å². The molecule has 1 heterocycles. The molecule has 8 heteroatoms. The number of hydrogen-bond acceptors (Lipinski definition) is 2. The van der Waals surface area contributed by atoms with Gasteiger partial charge in [-0.1, -0.05) is 6.92 Å². The summed E-state index contributed by atoms with van der Waals surface area (Å²) in [6.07, 6.45) is -4.02. The normalized spacial score (nSPS) is 11.9. The molecule has 0 aliphatic carbocycles. The zero-order chi connectivity index (χ0) is 15.6. The molecule has 21 heavy (non-hydrogen) atoms. The van der Waals surface area contributed by atoms with Crippen molar-refractivity contribution in [3.63, 3.8) is 0 Å². The number of nitrogens with zero attached hydrogens (tertiary/aromatic N) is 3. The number of benzene rings is 1. The number of aromatic nitrogens is 3. The maximum Gasteiger partial charge on any atom is 0.419 e. The van der Waals surface area contributed by atoms with E-state index in [2.05, 4.69) is 10.2 Å². The first-order valence-corrected chi connectivity index (χ1v) is 6.77. The van der Waals surface area contributed by atoms with Gasteiger partial charge < -0.3 is 4.57 Å². The zero-order valence-electron chi connectivity index (χ0n) is 11.1. The maximum absolute atomic E-state index is 13.3. The molecule has 2 rings (SSSR count). The number of alkyl halides is 4. The quantitative estimate of drug-likeness (QED) is 0.622. The van der Waals surface area contributed by atoms with Gasteiger partial charge in [0.1, 0.15) is 11.6 Å². The van der Waals surface area contributed by atoms with Gasteiger partial charge >= 0.3 is 6.18 Å².